The van der Waals surface area contributed by atoms with Crippen molar-refractivity contribution in [2.75, 3.05) is 219 Å². The van der Waals surface area contributed by atoms with Crippen molar-refractivity contribution in [2.24, 2.45) is 37.9 Å². The number of sulfonamides is 1. The van der Waals surface area contributed by atoms with Crippen LogP contribution in [-0.2, 0) is 121 Å². The lowest BCUT2D eigenvalue weighted by Gasteiger charge is -2.62. The van der Waals surface area contributed by atoms with Gasteiger partial charge in [0, 0.05) is 19.6 Å². The average Bonchev–Trinajstić information content (AvgIpc) is 0.713. The number of alkyl halides is 3. The molecule has 4 aliphatic carbocycles. The van der Waals surface area contributed by atoms with E-state index in [1.54, 1.807) is 33.0 Å². The Hall–Kier alpha value is -2.06. The fourth-order valence-electron chi connectivity index (χ4n) is 13.7. The SMILES string of the molecule is CCC(C)(C)C(=O)OC12CC3CC(C1)CC(C([O-])=NS(=O)(=O)C(F)(F)F)(C3)C2.CCC(C)(C)C(=O)OCCC[Si](C)(C)O[Si](C)(C)O[Si](C)(C)O[Si](C)(C)O[Si](C)(C)C.CCC(C)(C)C(=O)OCCOCCOCCOCCOCCOCCOCCOCCOCCOCCOC.COCCOCCOCCOCC[NH+]1CCCCC1. The molecule has 117 heavy (non-hydrogen) atoms. The molecule has 4 saturated carbocycles. The van der Waals surface area contributed by atoms with Gasteiger partial charge in [0.1, 0.15) is 18.8 Å². The number of nitrogens with zero attached hydrogens (tertiary/aromatic N) is 1. The topological polar surface area (TPSA) is 319 Å². The summed E-state index contributed by atoms with van der Waals surface area (Å²) in [7, 11) is -13.3. The highest BCUT2D eigenvalue weighted by Gasteiger charge is 2.61. The van der Waals surface area contributed by atoms with Crippen LogP contribution in [0.2, 0.25) is 78.1 Å². The summed E-state index contributed by atoms with van der Waals surface area (Å²) >= 11 is 0. The van der Waals surface area contributed by atoms with Crippen molar-refractivity contribution in [1.82, 2.24) is 0 Å². The molecule has 5 fully saturated rings. The average molecular weight is 1800 g/mol. The number of hydrogen-bond acceptors (Lipinski definition) is 27. The van der Waals surface area contributed by atoms with E-state index in [9.17, 15) is 41.1 Å². The number of quaternary nitrogens is 1. The second-order valence-corrected chi connectivity index (χ2v) is 56.6. The summed E-state index contributed by atoms with van der Waals surface area (Å²) in [5.41, 5.74) is -9.43. The third kappa shape index (κ3) is 52.5. The van der Waals surface area contributed by atoms with Gasteiger partial charge in [-0.15, -0.1) is 0 Å². The van der Waals surface area contributed by atoms with Crippen LogP contribution in [0.15, 0.2) is 4.40 Å². The second kappa shape index (κ2) is 58.3. The third-order valence-electron chi connectivity index (χ3n) is 20.0. The molecule has 1 saturated heterocycles. The Balaban J connectivity index is 0.000000800. The number of piperidine rings is 1. The zero-order valence-corrected chi connectivity index (χ0v) is 81.8. The van der Waals surface area contributed by atoms with Gasteiger partial charge in [0.05, 0.1) is 208 Å². The van der Waals surface area contributed by atoms with E-state index in [2.05, 4.69) is 76.4 Å². The minimum Gasteiger partial charge on any atom is -0.861 e. The maximum atomic E-state index is 12.7. The van der Waals surface area contributed by atoms with Crippen LogP contribution in [0.3, 0.4) is 0 Å². The summed E-state index contributed by atoms with van der Waals surface area (Å²) in [6.07, 6.45) is 9.56. The number of nitrogens with one attached hydrogen (secondary N) is 1. The summed E-state index contributed by atoms with van der Waals surface area (Å²) in [5, 5.41) is 12.7. The number of likely N-dealkylation sites (tertiary alicyclic amines) is 1. The molecule has 0 aromatic rings. The first kappa shape index (κ1) is 113. The maximum Gasteiger partial charge on any atom is 0.518 e. The standard InChI is InChI=1S/C27H54O12.C20H50O6Si5.C18H26F3NO5S.C14H29NO4/c1-5-27(2,3)26(28)39-25-24-38-23-22-37-21-20-36-19-18-35-17-16-34-15-14-33-13-12-32-11-10-31-9-8-30-7-6-29-4;1-15-20(2,3)19(21)22-17-16-18-28(7,8)24-30(11,12)26-31(13,14)25-29(9,10)23-27(4,5)6;1-4-15(2,3)14(24)27-17-8-11-5-12(9-17)7-16(6-11,10-17)13(23)22-28(25,26)18(19,20)21;1-16-9-10-18-13-14-19-12-11-17-8-7-15-5-3-2-4-6-15/h5-25H2,1-4H3;15-18H2,1-14H3;11-12H,4-10H2,1-3H3,(H,22,23);2-14H2,1H3. The first-order chi connectivity index (χ1) is 54.6. The van der Waals surface area contributed by atoms with Crippen LogP contribution in [-0.4, -0.2) is 304 Å². The normalized spacial score (nSPS) is 19.1. The zero-order chi connectivity index (χ0) is 88.4. The molecule has 0 aromatic heterocycles. The molecule has 5 rings (SSSR count). The Morgan fingerprint density at radius 2 is 0.752 bits per heavy atom. The molecule has 1 heterocycles. The first-order valence-corrected chi connectivity index (χ1v) is 58.8. The molecule has 694 valence electrons. The maximum absolute atomic E-state index is 12.7. The highest BCUT2D eigenvalue weighted by Crippen LogP contribution is 2.63. The Morgan fingerprint density at radius 3 is 1.09 bits per heavy atom. The summed E-state index contributed by atoms with van der Waals surface area (Å²) in [4.78, 5) is 38.3. The monoisotopic (exact) mass is 1800 g/mol. The first-order valence-electron chi connectivity index (χ1n) is 42.3. The molecule has 1 aliphatic heterocycles. The Morgan fingerprint density at radius 1 is 0.436 bits per heavy atom. The van der Waals surface area contributed by atoms with Gasteiger partial charge in [-0.05, 0) is 221 Å². The fourth-order valence-corrected chi connectivity index (χ4v) is 38.0. The summed E-state index contributed by atoms with van der Waals surface area (Å²) in [5.74, 6) is -1.96. The van der Waals surface area contributed by atoms with Crippen LogP contribution in [0.1, 0.15) is 146 Å². The Labute approximate surface area is 707 Å². The molecule has 5 aliphatic rings. The lowest BCUT2D eigenvalue weighted by Crippen LogP contribution is -3.13. The number of carbonyl (C=O) groups is 3. The van der Waals surface area contributed by atoms with Crippen LogP contribution < -0.4 is 10.0 Å². The molecule has 0 amide bonds. The van der Waals surface area contributed by atoms with E-state index < -0.39 is 97.0 Å². The van der Waals surface area contributed by atoms with Crippen molar-refractivity contribution in [3.05, 3.63) is 0 Å². The number of hydrogen-bond donors (Lipinski definition) is 1. The van der Waals surface area contributed by atoms with Crippen molar-refractivity contribution < 1.29 is 143 Å². The molecule has 0 radical (unpaired) electrons. The Kier molecular flexibility index (Phi) is 56.3. The van der Waals surface area contributed by atoms with Gasteiger partial charge < -0.3 is 107 Å². The lowest BCUT2D eigenvalue weighted by molar-refractivity contribution is -0.905. The van der Waals surface area contributed by atoms with Gasteiger partial charge in [-0.1, -0.05) is 20.8 Å². The zero-order valence-electron chi connectivity index (χ0n) is 76.0. The number of carbonyl (C=O) groups excluding carboxylic acids is 3. The van der Waals surface area contributed by atoms with E-state index in [0.717, 1.165) is 44.9 Å². The van der Waals surface area contributed by atoms with Crippen molar-refractivity contribution in [2.45, 2.75) is 235 Å². The van der Waals surface area contributed by atoms with Crippen molar-refractivity contribution in [3.63, 3.8) is 0 Å². The van der Waals surface area contributed by atoms with Crippen molar-refractivity contribution >= 4 is 76.1 Å². The van der Waals surface area contributed by atoms with Crippen molar-refractivity contribution in [1.29, 1.82) is 0 Å². The second-order valence-electron chi connectivity index (χ2n) is 35.1. The quantitative estimate of drug-likeness (QED) is 0.0148. The van der Waals surface area contributed by atoms with E-state index in [1.807, 2.05) is 48.5 Å². The van der Waals surface area contributed by atoms with E-state index in [4.69, 9.17) is 97.0 Å². The van der Waals surface area contributed by atoms with Gasteiger partial charge in [0.2, 0.25) is 0 Å². The van der Waals surface area contributed by atoms with Gasteiger partial charge >= 0.3 is 59.1 Å². The lowest BCUT2D eigenvalue weighted by atomic mass is 9.47. The molecule has 1 N–H and O–H groups in total. The summed E-state index contributed by atoms with van der Waals surface area (Å²) < 4.78 is 181. The molecular weight excluding hydrogens is 1640 g/mol. The summed E-state index contributed by atoms with van der Waals surface area (Å²) in [6.45, 7) is 59.4. The molecular formula is C79H159F3N2O27SSi5. The van der Waals surface area contributed by atoms with Crippen LogP contribution in [0.5, 0.6) is 0 Å². The predicted octanol–water partition coefficient (Wildman–Crippen LogP) is 11.0. The smallest absolute Gasteiger partial charge is 0.518 e. The number of halogens is 3. The number of methoxy groups -OCH3 is 2. The minimum absolute atomic E-state index is 0.00605. The van der Waals surface area contributed by atoms with E-state index >= 15 is 0 Å². The Bertz CT molecular complexity index is 2780. The van der Waals surface area contributed by atoms with Crippen LogP contribution >= 0.6 is 0 Å². The third-order valence-corrected chi connectivity index (χ3v) is 39.0. The van der Waals surface area contributed by atoms with Crippen LogP contribution in [0, 0.1) is 33.5 Å². The number of rotatable bonds is 63. The highest BCUT2D eigenvalue weighted by atomic mass is 32.2. The van der Waals surface area contributed by atoms with Gasteiger partial charge in [-0.3, -0.25) is 14.4 Å². The number of esters is 3. The molecule has 2 unspecified atom stereocenters. The van der Waals surface area contributed by atoms with Crippen LogP contribution in [0.25, 0.3) is 0 Å². The van der Waals surface area contributed by atoms with Gasteiger partial charge in [-0.25, -0.2) is 0 Å². The van der Waals surface area contributed by atoms with E-state index in [-0.39, 0.29) is 49.6 Å². The molecule has 38 heteroatoms. The van der Waals surface area contributed by atoms with Crippen molar-refractivity contribution in [3.8, 4) is 0 Å². The summed E-state index contributed by atoms with van der Waals surface area (Å²) in [6, 6.07) is 0.925. The largest absolute Gasteiger partial charge is 0.861 e. The minimum atomic E-state index is -5.89. The highest BCUT2D eigenvalue weighted by molar-refractivity contribution is 7.91. The van der Waals surface area contributed by atoms with Gasteiger partial charge in [0.15, 0.2) is 16.6 Å². The molecule has 29 nitrogen and oxygen atoms in total. The van der Waals surface area contributed by atoms with E-state index in [0.29, 0.717) is 191 Å². The molecule has 4 bridgehead atoms. The molecule has 0 aromatic carbocycles. The molecule has 2 atom stereocenters. The van der Waals surface area contributed by atoms with Gasteiger partial charge in [-0.2, -0.15) is 26.0 Å². The fraction of sp³-hybridized carbons (Fsp3) is 0.949. The van der Waals surface area contributed by atoms with Crippen LogP contribution in [0.4, 0.5) is 13.2 Å². The number of ether oxygens (including phenoxy) is 17. The van der Waals surface area contributed by atoms with E-state index in [1.165, 1.54) is 32.4 Å². The van der Waals surface area contributed by atoms with Gasteiger partial charge in [0.25, 0.3) is 0 Å². The molecule has 0 spiro atoms. The predicted molar refractivity (Wildman–Crippen MR) is 453 cm³/mol.